The van der Waals surface area contributed by atoms with Crippen LogP contribution in [0.3, 0.4) is 0 Å². The van der Waals surface area contributed by atoms with Gasteiger partial charge in [-0.1, -0.05) is 0 Å². The fourth-order valence-electron chi connectivity index (χ4n) is 1.63. The van der Waals surface area contributed by atoms with Crippen LogP contribution in [0.25, 0.3) is 0 Å². The lowest BCUT2D eigenvalue weighted by Crippen LogP contribution is -2.20. The second kappa shape index (κ2) is 4.21. The van der Waals surface area contributed by atoms with Crippen molar-refractivity contribution >= 4 is 23.7 Å². The van der Waals surface area contributed by atoms with E-state index in [4.69, 9.17) is 0 Å². The Morgan fingerprint density at radius 1 is 1.67 bits per heavy atom. The molecule has 0 amide bonds. The molecular weight excluding hydrogens is 192 g/mol. The molecule has 4 heteroatoms. The van der Waals surface area contributed by atoms with E-state index < -0.39 is 0 Å². The van der Waals surface area contributed by atoms with Gasteiger partial charge < -0.3 is 5.32 Å². The molecule has 12 heavy (non-hydrogen) atoms. The number of thiazole rings is 1. The van der Waals surface area contributed by atoms with Crippen LogP contribution in [0.4, 0.5) is 0 Å². The van der Waals surface area contributed by atoms with Crippen LogP contribution in [-0.2, 0) is 6.42 Å². The Hall–Kier alpha value is -0.120. The molecule has 0 spiro atoms. The van der Waals surface area contributed by atoms with Gasteiger partial charge >= 0.3 is 0 Å². The highest BCUT2D eigenvalue weighted by atomic mass is 35.5. The summed E-state index contributed by atoms with van der Waals surface area (Å²) >= 11 is 1.79. The molecule has 0 radical (unpaired) electrons. The Morgan fingerprint density at radius 2 is 2.50 bits per heavy atom. The van der Waals surface area contributed by atoms with E-state index in [0.29, 0.717) is 6.04 Å². The maximum absolute atomic E-state index is 4.37. The van der Waals surface area contributed by atoms with Gasteiger partial charge in [-0.3, -0.25) is 0 Å². The summed E-state index contributed by atoms with van der Waals surface area (Å²) in [5.74, 6) is 0. The zero-order valence-electron chi connectivity index (χ0n) is 7.04. The Labute approximate surface area is 82.8 Å². The number of fused-ring (bicyclic) bond motifs is 1. The van der Waals surface area contributed by atoms with Crippen LogP contribution in [0, 0.1) is 0 Å². The van der Waals surface area contributed by atoms with Crippen LogP contribution in [0.2, 0.25) is 0 Å². The van der Waals surface area contributed by atoms with Gasteiger partial charge in [-0.25, -0.2) is 4.98 Å². The van der Waals surface area contributed by atoms with Gasteiger partial charge in [0.05, 0.1) is 17.2 Å². The lowest BCUT2D eigenvalue weighted by molar-refractivity contribution is 0.490. The molecule has 2 rings (SSSR count). The third-order valence-electron chi connectivity index (χ3n) is 2.25. The zero-order valence-corrected chi connectivity index (χ0v) is 8.67. The third kappa shape index (κ3) is 1.63. The number of nitrogens with zero attached hydrogens (tertiary/aromatic N) is 1. The molecule has 0 fully saturated rings. The smallest absolute Gasteiger partial charge is 0.0798 e. The van der Waals surface area contributed by atoms with Crippen LogP contribution in [-0.4, -0.2) is 12.0 Å². The zero-order chi connectivity index (χ0) is 7.68. The highest BCUT2D eigenvalue weighted by Gasteiger charge is 2.20. The first kappa shape index (κ1) is 9.96. The Bertz CT molecular complexity index is 249. The van der Waals surface area contributed by atoms with Crippen molar-refractivity contribution < 1.29 is 0 Å². The standard InChI is InChI=1S/C8H12N2S.ClH/c1-9-6-3-2-4-7-8(6)10-5-11-7;/h5-6,9H,2-4H2,1H3;1H. The maximum Gasteiger partial charge on any atom is 0.0798 e. The van der Waals surface area contributed by atoms with Crippen LogP contribution in [0.5, 0.6) is 0 Å². The summed E-state index contributed by atoms with van der Waals surface area (Å²) in [6.07, 6.45) is 3.78. The lowest BCUT2D eigenvalue weighted by atomic mass is 9.98. The minimum atomic E-state index is 0. The second-order valence-electron chi connectivity index (χ2n) is 2.89. The Balaban J connectivity index is 0.000000720. The summed E-state index contributed by atoms with van der Waals surface area (Å²) in [5.41, 5.74) is 3.25. The molecule has 1 aromatic rings. The van der Waals surface area contributed by atoms with E-state index in [0.717, 1.165) is 0 Å². The number of halogens is 1. The molecule has 1 aromatic heterocycles. The van der Waals surface area contributed by atoms with Gasteiger partial charge in [0.25, 0.3) is 0 Å². The minimum Gasteiger partial charge on any atom is -0.312 e. The van der Waals surface area contributed by atoms with E-state index in [1.165, 1.54) is 29.8 Å². The summed E-state index contributed by atoms with van der Waals surface area (Å²) < 4.78 is 0. The molecule has 1 aliphatic carbocycles. The molecule has 1 N–H and O–H groups in total. The summed E-state index contributed by atoms with van der Waals surface area (Å²) in [6.45, 7) is 0. The molecule has 0 aliphatic heterocycles. The molecule has 1 aliphatic rings. The summed E-state index contributed by atoms with van der Waals surface area (Å²) in [4.78, 5) is 5.85. The molecule has 0 bridgehead atoms. The van der Waals surface area contributed by atoms with Gasteiger partial charge in [0, 0.05) is 4.88 Å². The van der Waals surface area contributed by atoms with Gasteiger partial charge in [-0.2, -0.15) is 0 Å². The fraction of sp³-hybridized carbons (Fsp3) is 0.625. The maximum atomic E-state index is 4.37. The normalized spacial score (nSPS) is 21.2. The molecule has 1 unspecified atom stereocenters. The van der Waals surface area contributed by atoms with Crippen LogP contribution in [0.15, 0.2) is 5.51 Å². The van der Waals surface area contributed by atoms with E-state index in [-0.39, 0.29) is 12.4 Å². The van der Waals surface area contributed by atoms with E-state index in [9.17, 15) is 0 Å². The van der Waals surface area contributed by atoms with Crippen LogP contribution >= 0.6 is 23.7 Å². The van der Waals surface area contributed by atoms with Crippen molar-refractivity contribution in [2.75, 3.05) is 7.05 Å². The van der Waals surface area contributed by atoms with E-state index in [1.807, 2.05) is 12.6 Å². The van der Waals surface area contributed by atoms with Crippen molar-refractivity contribution in [3.05, 3.63) is 16.1 Å². The van der Waals surface area contributed by atoms with E-state index in [1.54, 1.807) is 11.3 Å². The topological polar surface area (TPSA) is 24.9 Å². The number of rotatable bonds is 1. The van der Waals surface area contributed by atoms with Gasteiger partial charge in [0.1, 0.15) is 0 Å². The van der Waals surface area contributed by atoms with E-state index >= 15 is 0 Å². The number of nitrogens with one attached hydrogen (secondary N) is 1. The molecule has 0 saturated heterocycles. The molecule has 1 atom stereocenters. The molecular formula is C8H13ClN2S. The van der Waals surface area contributed by atoms with Crippen molar-refractivity contribution in [1.82, 2.24) is 10.3 Å². The fourth-order valence-corrected chi connectivity index (χ4v) is 2.51. The van der Waals surface area contributed by atoms with Crippen molar-refractivity contribution in [1.29, 1.82) is 0 Å². The summed E-state index contributed by atoms with van der Waals surface area (Å²) in [7, 11) is 2.01. The van der Waals surface area contributed by atoms with Crippen LogP contribution < -0.4 is 5.32 Å². The van der Waals surface area contributed by atoms with Crippen molar-refractivity contribution in [3.8, 4) is 0 Å². The molecule has 1 heterocycles. The molecule has 68 valence electrons. The monoisotopic (exact) mass is 204 g/mol. The van der Waals surface area contributed by atoms with Gasteiger partial charge in [0.15, 0.2) is 0 Å². The second-order valence-corrected chi connectivity index (χ2v) is 3.83. The average Bonchev–Trinajstić information content (AvgIpc) is 2.50. The largest absolute Gasteiger partial charge is 0.312 e. The lowest BCUT2D eigenvalue weighted by Gasteiger charge is -2.19. The minimum absolute atomic E-state index is 0. The van der Waals surface area contributed by atoms with Crippen LogP contribution in [0.1, 0.15) is 29.5 Å². The molecule has 0 saturated carbocycles. The SMILES string of the molecule is CNC1CCCc2scnc21.Cl. The Morgan fingerprint density at radius 3 is 3.25 bits per heavy atom. The predicted octanol–water partition coefficient (Wildman–Crippen LogP) is 2.16. The summed E-state index contributed by atoms with van der Waals surface area (Å²) in [6, 6.07) is 0.519. The molecule has 0 aromatic carbocycles. The molecule has 2 nitrogen and oxygen atoms in total. The van der Waals surface area contributed by atoms with Gasteiger partial charge in [-0.15, -0.1) is 23.7 Å². The number of hydrogen-bond acceptors (Lipinski definition) is 3. The van der Waals surface area contributed by atoms with Gasteiger partial charge in [-0.05, 0) is 26.3 Å². The summed E-state index contributed by atoms with van der Waals surface area (Å²) in [5, 5.41) is 3.29. The number of aryl methyl sites for hydroxylation is 1. The number of hydrogen-bond donors (Lipinski definition) is 1. The quantitative estimate of drug-likeness (QED) is 0.759. The first-order valence-corrected chi connectivity index (χ1v) is 4.89. The third-order valence-corrected chi connectivity index (χ3v) is 3.16. The predicted molar refractivity (Wildman–Crippen MR) is 54.1 cm³/mol. The van der Waals surface area contributed by atoms with Crippen molar-refractivity contribution in [3.63, 3.8) is 0 Å². The average molecular weight is 205 g/mol. The van der Waals surface area contributed by atoms with Gasteiger partial charge in [0.2, 0.25) is 0 Å². The highest BCUT2D eigenvalue weighted by molar-refractivity contribution is 7.09. The Kier molecular flexibility index (Phi) is 3.50. The van der Waals surface area contributed by atoms with E-state index in [2.05, 4.69) is 10.3 Å². The van der Waals surface area contributed by atoms with Crippen molar-refractivity contribution in [2.45, 2.75) is 25.3 Å². The first-order valence-electron chi connectivity index (χ1n) is 4.01. The van der Waals surface area contributed by atoms with Crippen molar-refractivity contribution in [2.24, 2.45) is 0 Å². The highest BCUT2D eigenvalue weighted by Crippen LogP contribution is 2.30. The number of aromatic nitrogens is 1. The first-order chi connectivity index (χ1) is 5.42.